The minimum Gasteiger partial charge on any atom is -0.497 e. The quantitative estimate of drug-likeness (QED) is 0.732. The van der Waals surface area contributed by atoms with Gasteiger partial charge in [-0.1, -0.05) is 12.1 Å². The fraction of sp³-hybridized carbons (Fsp3) is 0.400. The zero-order valence-corrected chi connectivity index (χ0v) is 8.64. The zero-order valence-electron chi connectivity index (χ0n) is 7.82. The molecule has 0 unspecified atom stereocenters. The van der Waals surface area contributed by atoms with E-state index in [1.807, 2.05) is 23.9 Å². The molecular formula is C10H15NOS. The summed E-state index contributed by atoms with van der Waals surface area (Å²) in [5.74, 6) is 2.94. The Morgan fingerprint density at radius 1 is 1.46 bits per heavy atom. The molecule has 0 aromatic heterocycles. The van der Waals surface area contributed by atoms with Crippen LogP contribution in [0.4, 0.5) is 0 Å². The maximum Gasteiger partial charge on any atom is 0.119 e. The lowest BCUT2D eigenvalue weighted by Gasteiger charge is -2.03. The predicted octanol–water partition coefficient (Wildman–Crippen LogP) is 1.89. The highest BCUT2D eigenvalue weighted by molar-refractivity contribution is 7.98. The molecule has 1 aromatic carbocycles. The summed E-state index contributed by atoms with van der Waals surface area (Å²) >= 11 is 1.84. The molecule has 0 spiro atoms. The van der Waals surface area contributed by atoms with Crippen LogP contribution in [0.25, 0.3) is 0 Å². The van der Waals surface area contributed by atoms with Crippen molar-refractivity contribution in [1.82, 2.24) is 0 Å². The Kier molecular flexibility index (Phi) is 4.72. The molecule has 2 N–H and O–H groups in total. The lowest BCUT2D eigenvalue weighted by atomic mass is 10.2. The van der Waals surface area contributed by atoms with Gasteiger partial charge in [0, 0.05) is 18.1 Å². The molecule has 3 heteroatoms. The number of nitrogens with two attached hydrogens (primary N) is 1. The van der Waals surface area contributed by atoms with Crippen LogP contribution in [-0.2, 0) is 5.75 Å². The Bertz CT molecular complexity index is 252. The summed E-state index contributed by atoms with van der Waals surface area (Å²) in [6.07, 6.45) is 0. The summed E-state index contributed by atoms with van der Waals surface area (Å²) in [5.41, 5.74) is 6.69. The molecule has 0 aliphatic carbocycles. The number of thioether (sulfide) groups is 1. The second kappa shape index (κ2) is 5.89. The van der Waals surface area contributed by atoms with E-state index in [-0.39, 0.29) is 0 Å². The second-order valence-electron chi connectivity index (χ2n) is 2.69. The lowest BCUT2D eigenvalue weighted by Crippen LogP contribution is -2.01. The SMILES string of the molecule is COc1cccc(CSCCN)c1. The van der Waals surface area contributed by atoms with Gasteiger partial charge in [0.2, 0.25) is 0 Å². The van der Waals surface area contributed by atoms with Gasteiger partial charge < -0.3 is 10.5 Å². The third-order valence-corrected chi connectivity index (χ3v) is 2.73. The average Bonchev–Trinajstić information content (AvgIpc) is 2.19. The largest absolute Gasteiger partial charge is 0.497 e. The number of hydrogen-bond acceptors (Lipinski definition) is 3. The van der Waals surface area contributed by atoms with Gasteiger partial charge >= 0.3 is 0 Å². The molecule has 0 radical (unpaired) electrons. The van der Waals surface area contributed by atoms with Gasteiger partial charge in [-0.2, -0.15) is 11.8 Å². The van der Waals surface area contributed by atoms with Crippen LogP contribution in [0.1, 0.15) is 5.56 Å². The molecule has 72 valence electrons. The number of rotatable bonds is 5. The van der Waals surface area contributed by atoms with Crippen molar-refractivity contribution in [2.45, 2.75) is 5.75 Å². The molecule has 0 saturated heterocycles. The highest BCUT2D eigenvalue weighted by atomic mass is 32.2. The first-order chi connectivity index (χ1) is 6.36. The standard InChI is InChI=1S/C10H15NOS/c1-12-10-4-2-3-9(7-10)8-13-6-5-11/h2-4,7H,5-6,8,11H2,1H3. The number of ether oxygens (including phenoxy) is 1. The molecule has 0 amide bonds. The first kappa shape index (κ1) is 10.4. The summed E-state index contributed by atoms with van der Waals surface area (Å²) in [7, 11) is 1.69. The van der Waals surface area contributed by atoms with E-state index in [9.17, 15) is 0 Å². The van der Waals surface area contributed by atoms with E-state index in [2.05, 4.69) is 12.1 Å². The highest BCUT2D eigenvalue weighted by Gasteiger charge is 1.95. The minimum absolute atomic E-state index is 0.745. The third-order valence-electron chi connectivity index (χ3n) is 1.67. The number of benzene rings is 1. The Balaban J connectivity index is 2.46. The molecule has 0 saturated carbocycles. The van der Waals surface area contributed by atoms with Gasteiger partial charge in [-0.05, 0) is 17.7 Å². The van der Waals surface area contributed by atoms with E-state index in [0.717, 1.165) is 23.8 Å². The Hall–Kier alpha value is -0.670. The summed E-state index contributed by atoms with van der Waals surface area (Å²) in [5, 5.41) is 0. The highest BCUT2D eigenvalue weighted by Crippen LogP contribution is 2.17. The van der Waals surface area contributed by atoms with Gasteiger partial charge in [0.1, 0.15) is 5.75 Å². The molecule has 0 fully saturated rings. The van der Waals surface area contributed by atoms with E-state index in [4.69, 9.17) is 10.5 Å². The van der Waals surface area contributed by atoms with Gasteiger partial charge in [-0.25, -0.2) is 0 Å². The van der Waals surface area contributed by atoms with Crippen LogP contribution in [0.5, 0.6) is 5.75 Å². The molecule has 0 bridgehead atoms. The van der Waals surface area contributed by atoms with E-state index in [0.29, 0.717) is 0 Å². The van der Waals surface area contributed by atoms with Crippen LogP contribution in [0, 0.1) is 0 Å². The Labute approximate surface area is 83.5 Å². The van der Waals surface area contributed by atoms with Crippen LogP contribution < -0.4 is 10.5 Å². The van der Waals surface area contributed by atoms with Crippen LogP contribution in [0.15, 0.2) is 24.3 Å². The molecule has 2 nitrogen and oxygen atoms in total. The van der Waals surface area contributed by atoms with Crippen LogP contribution in [0.2, 0.25) is 0 Å². The monoisotopic (exact) mass is 197 g/mol. The fourth-order valence-electron chi connectivity index (χ4n) is 1.04. The molecule has 0 atom stereocenters. The summed E-state index contributed by atoms with van der Waals surface area (Å²) in [6, 6.07) is 8.13. The van der Waals surface area contributed by atoms with Crippen molar-refractivity contribution in [2.75, 3.05) is 19.4 Å². The molecule has 13 heavy (non-hydrogen) atoms. The smallest absolute Gasteiger partial charge is 0.119 e. The summed E-state index contributed by atoms with van der Waals surface area (Å²) in [6.45, 7) is 0.745. The predicted molar refractivity (Wildman–Crippen MR) is 58.2 cm³/mol. The van der Waals surface area contributed by atoms with Gasteiger partial charge in [0.05, 0.1) is 7.11 Å². The number of methoxy groups -OCH3 is 1. The zero-order chi connectivity index (χ0) is 9.52. The molecule has 0 aliphatic rings. The van der Waals surface area contributed by atoms with Crippen LogP contribution >= 0.6 is 11.8 Å². The van der Waals surface area contributed by atoms with Gasteiger partial charge in [-0.3, -0.25) is 0 Å². The van der Waals surface area contributed by atoms with Crippen molar-refractivity contribution < 1.29 is 4.74 Å². The maximum absolute atomic E-state index is 5.40. The van der Waals surface area contributed by atoms with Crippen LogP contribution in [-0.4, -0.2) is 19.4 Å². The van der Waals surface area contributed by atoms with Gasteiger partial charge in [0.25, 0.3) is 0 Å². The third kappa shape index (κ3) is 3.70. The maximum atomic E-state index is 5.40. The van der Waals surface area contributed by atoms with Crippen molar-refractivity contribution >= 4 is 11.8 Å². The number of hydrogen-bond donors (Lipinski definition) is 1. The van der Waals surface area contributed by atoms with Crippen molar-refractivity contribution in [1.29, 1.82) is 0 Å². The fourth-order valence-corrected chi connectivity index (χ4v) is 1.76. The van der Waals surface area contributed by atoms with E-state index in [1.54, 1.807) is 7.11 Å². The van der Waals surface area contributed by atoms with Gasteiger partial charge in [0.15, 0.2) is 0 Å². The van der Waals surface area contributed by atoms with Crippen LogP contribution in [0.3, 0.4) is 0 Å². The van der Waals surface area contributed by atoms with E-state index >= 15 is 0 Å². The molecule has 1 aromatic rings. The summed E-state index contributed by atoms with van der Waals surface area (Å²) in [4.78, 5) is 0. The first-order valence-corrected chi connectivity index (χ1v) is 5.43. The van der Waals surface area contributed by atoms with Crippen molar-refractivity contribution in [3.8, 4) is 5.75 Å². The molecule has 1 rings (SSSR count). The second-order valence-corrected chi connectivity index (χ2v) is 3.80. The van der Waals surface area contributed by atoms with E-state index < -0.39 is 0 Å². The lowest BCUT2D eigenvalue weighted by molar-refractivity contribution is 0.414. The minimum atomic E-state index is 0.745. The summed E-state index contributed by atoms with van der Waals surface area (Å²) < 4.78 is 5.13. The Morgan fingerprint density at radius 3 is 3.00 bits per heavy atom. The average molecular weight is 197 g/mol. The van der Waals surface area contributed by atoms with Crippen molar-refractivity contribution in [3.63, 3.8) is 0 Å². The molecule has 0 aliphatic heterocycles. The van der Waals surface area contributed by atoms with E-state index in [1.165, 1.54) is 5.56 Å². The topological polar surface area (TPSA) is 35.2 Å². The molecular weight excluding hydrogens is 182 g/mol. The Morgan fingerprint density at radius 2 is 2.31 bits per heavy atom. The van der Waals surface area contributed by atoms with Crippen molar-refractivity contribution in [3.05, 3.63) is 29.8 Å². The molecule has 0 heterocycles. The first-order valence-electron chi connectivity index (χ1n) is 4.27. The van der Waals surface area contributed by atoms with Gasteiger partial charge in [-0.15, -0.1) is 0 Å². The normalized spacial score (nSPS) is 10.0. The van der Waals surface area contributed by atoms with Crippen molar-refractivity contribution in [2.24, 2.45) is 5.73 Å².